The van der Waals surface area contributed by atoms with Crippen LogP contribution in [0.4, 0.5) is 0 Å². The van der Waals surface area contributed by atoms with E-state index in [9.17, 15) is 14.7 Å². The van der Waals surface area contributed by atoms with Crippen LogP contribution in [0.1, 0.15) is 23.4 Å². The van der Waals surface area contributed by atoms with E-state index in [-0.39, 0.29) is 25.3 Å². The minimum absolute atomic E-state index is 0.155. The summed E-state index contributed by atoms with van der Waals surface area (Å²) in [4.78, 5) is 36.0. The zero-order chi connectivity index (χ0) is 17.4. The summed E-state index contributed by atoms with van der Waals surface area (Å²) in [5, 5.41) is 10.6. The highest BCUT2D eigenvalue weighted by molar-refractivity contribution is 5.86. The molecule has 0 saturated heterocycles. The Hall–Kier alpha value is -3.09. The molecule has 3 aromatic rings. The van der Waals surface area contributed by atoms with Crippen molar-refractivity contribution < 1.29 is 14.7 Å². The number of para-hydroxylation sites is 1. The third-order valence-electron chi connectivity index (χ3n) is 4.79. The summed E-state index contributed by atoms with van der Waals surface area (Å²) < 4.78 is 0. The second kappa shape index (κ2) is 6.08. The molecule has 25 heavy (non-hydrogen) atoms. The van der Waals surface area contributed by atoms with Crippen LogP contribution in [-0.4, -0.2) is 42.9 Å². The third-order valence-corrected chi connectivity index (χ3v) is 4.79. The van der Waals surface area contributed by atoms with Crippen molar-refractivity contribution in [2.24, 2.45) is 0 Å². The molecule has 0 spiro atoms. The highest BCUT2D eigenvalue weighted by Gasteiger charge is 2.35. The molecular formula is C18H18N4O3. The van der Waals surface area contributed by atoms with Crippen LogP contribution in [0.2, 0.25) is 0 Å². The van der Waals surface area contributed by atoms with Crippen LogP contribution in [0.25, 0.3) is 10.9 Å². The Bertz CT molecular complexity index is 943. The number of amides is 1. The van der Waals surface area contributed by atoms with Gasteiger partial charge in [0.05, 0.1) is 24.3 Å². The van der Waals surface area contributed by atoms with Gasteiger partial charge in [0.15, 0.2) is 0 Å². The van der Waals surface area contributed by atoms with E-state index in [2.05, 4.69) is 15.0 Å². The Morgan fingerprint density at radius 1 is 1.28 bits per heavy atom. The Morgan fingerprint density at radius 2 is 2.12 bits per heavy atom. The van der Waals surface area contributed by atoms with Gasteiger partial charge in [-0.1, -0.05) is 18.2 Å². The number of benzene rings is 1. The predicted molar refractivity (Wildman–Crippen MR) is 90.9 cm³/mol. The first-order chi connectivity index (χ1) is 12.1. The molecule has 0 saturated carbocycles. The fraction of sp³-hybridized carbons (Fsp3) is 0.278. The normalized spacial score (nSPS) is 16.8. The van der Waals surface area contributed by atoms with Crippen LogP contribution in [0.3, 0.4) is 0 Å². The summed E-state index contributed by atoms with van der Waals surface area (Å²) in [7, 11) is 0. The maximum absolute atomic E-state index is 12.7. The fourth-order valence-corrected chi connectivity index (χ4v) is 3.44. The van der Waals surface area contributed by atoms with E-state index in [1.807, 2.05) is 30.5 Å². The molecule has 7 heteroatoms. The first-order valence-electron chi connectivity index (χ1n) is 8.22. The Kier molecular flexibility index (Phi) is 3.76. The molecule has 2 aromatic heterocycles. The maximum atomic E-state index is 12.7. The smallest absolute Gasteiger partial charge is 0.326 e. The Balaban J connectivity index is 1.51. The Labute approximate surface area is 143 Å². The van der Waals surface area contributed by atoms with Gasteiger partial charge in [-0.15, -0.1) is 0 Å². The molecule has 128 valence electrons. The number of hydrogen-bond donors (Lipinski definition) is 3. The number of nitrogens with zero attached hydrogens (tertiary/aromatic N) is 2. The SMILES string of the molecule is O=C(O)C1Cc2nc[nH]c2CN1C(=O)CCc1c[nH]c2ccccc12. The van der Waals surface area contributed by atoms with E-state index in [0.717, 1.165) is 27.9 Å². The van der Waals surface area contributed by atoms with Crippen molar-refractivity contribution in [3.8, 4) is 0 Å². The largest absolute Gasteiger partial charge is 0.480 e. The minimum Gasteiger partial charge on any atom is -0.480 e. The lowest BCUT2D eigenvalue weighted by molar-refractivity contribution is -0.151. The number of carbonyl (C=O) groups is 2. The van der Waals surface area contributed by atoms with Crippen LogP contribution in [0.15, 0.2) is 36.8 Å². The van der Waals surface area contributed by atoms with Crippen molar-refractivity contribution in [1.29, 1.82) is 0 Å². The summed E-state index contributed by atoms with van der Waals surface area (Å²) in [6.45, 7) is 0.263. The quantitative estimate of drug-likeness (QED) is 0.676. The number of imidazole rings is 1. The lowest BCUT2D eigenvalue weighted by Crippen LogP contribution is -2.48. The lowest BCUT2D eigenvalue weighted by atomic mass is 10.0. The number of H-pyrrole nitrogens is 2. The van der Waals surface area contributed by atoms with Crippen LogP contribution >= 0.6 is 0 Å². The van der Waals surface area contributed by atoms with E-state index in [1.54, 1.807) is 6.33 Å². The Morgan fingerprint density at radius 3 is 2.96 bits per heavy atom. The van der Waals surface area contributed by atoms with Gasteiger partial charge in [-0.25, -0.2) is 9.78 Å². The molecule has 1 aromatic carbocycles. The highest BCUT2D eigenvalue weighted by Crippen LogP contribution is 2.23. The maximum Gasteiger partial charge on any atom is 0.326 e. The monoisotopic (exact) mass is 338 g/mol. The number of aromatic nitrogens is 3. The molecular weight excluding hydrogens is 320 g/mol. The molecule has 1 atom stereocenters. The second-order valence-corrected chi connectivity index (χ2v) is 6.27. The molecule has 1 unspecified atom stereocenters. The molecule has 1 amide bonds. The van der Waals surface area contributed by atoms with Gasteiger partial charge in [0.25, 0.3) is 0 Å². The molecule has 7 nitrogen and oxygen atoms in total. The standard InChI is InChI=1S/C18H18N4O3/c23-17(6-5-11-8-19-13-4-2-1-3-12(11)13)22-9-15-14(20-10-21-15)7-16(22)18(24)25/h1-4,8,10,16,19H,5-7,9H2,(H,20,21)(H,24,25). The van der Waals surface area contributed by atoms with Gasteiger partial charge in [-0.05, 0) is 18.1 Å². The number of hydrogen-bond acceptors (Lipinski definition) is 3. The molecule has 0 bridgehead atoms. The number of carbonyl (C=O) groups excluding carboxylic acids is 1. The van der Waals surface area contributed by atoms with Crippen LogP contribution in [0, 0.1) is 0 Å². The molecule has 3 N–H and O–H groups in total. The molecule has 0 fully saturated rings. The van der Waals surface area contributed by atoms with E-state index in [4.69, 9.17) is 0 Å². The van der Waals surface area contributed by atoms with Crippen molar-refractivity contribution in [3.05, 3.63) is 53.7 Å². The predicted octanol–water partition coefficient (Wildman–Crippen LogP) is 1.86. The van der Waals surface area contributed by atoms with Crippen molar-refractivity contribution in [2.75, 3.05) is 0 Å². The van der Waals surface area contributed by atoms with Gasteiger partial charge >= 0.3 is 5.97 Å². The van der Waals surface area contributed by atoms with Crippen molar-refractivity contribution in [2.45, 2.75) is 31.8 Å². The van der Waals surface area contributed by atoms with Crippen molar-refractivity contribution >= 4 is 22.8 Å². The summed E-state index contributed by atoms with van der Waals surface area (Å²) in [6, 6.07) is 7.08. The third kappa shape index (κ3) is 2.77. The van der Waals surface area contributed by atoms with Crippen LogP contribution < -0.4 is 0 Å². The highest BCUT2D eigenvalue weighted by atomic mass is 16.4. The van der Waals surface area contributed by atoms with E-state index in [0.29, 0.717) is 6.42 Å². The van der Waals surface area contributed by atoms with E-state index in [1.165, 1.54) is 4.90 Å². The van der Waals surface area contributed by atoms with E-state index >= 15 is 0 Å². The van der Waals surface area contributed by atoms with Crippen molar-refractivity contribution in [1.82, 2.24) is 19.9 Å². The molecule has 0 aliphatic carbocycles. The summed E-state index contributed by atoms with van der Waals surface area (Å²) in [5.74, 6) is -1.15. The van der Waals surface area contributed by atoms with Gasteiger partial charge in [0.2, 0.25) is 5.91 Å². The number of carboxylic acids is 1. The fourth-order valence-electron chi connectivity index (χ4n) is 3.44. The van der Waals surface area contributed by atoms with E-state index < -0.39 is 12.0 Å². The van der Waals surface area contributed by atoms with Crippen LogP contribution in [-0.2, 0) is 29.0 Å². The number of fused-ring (bicyclic) bond motifs is 2. The van der Waals surface area contributed by atoms with Gasteiger partial charge in [0, 0.05) is 29.9 Å². The number of aliphatic carboxylic acids is 1. The van der Waals surface area contributed by atoms with Gasteiger partial charge in [-0.2, -0.15) is 0 Å². The number of carboxylic acid groups (broad SMARTS) is 1. The number of aryl methyl sites for hydroxylation is 1. The molecule has 0 radical (unpaired) electrons. The summed E-state index contributed by atoms with van der Waals surface area (Å²) in [5.41, 5.74) is 3.65. The average Bonchev–Trinajstić information content (AvgIpc) is 3.24. The van der Waals surface area contributed by atoms with Crippen molar-refractivity contribution in [3.63, 3.8) is 0 Å². The molecule has 1 aliphatic rings. The lowest BCUT2D eigenvalue weighted by Gasteiger charge is -2.32. The zero-order valence-electron chi connectivity index (χ0n) is 13.5. The zero-order valence-corrected chi connectivity index (χ0v) is 13.5. The minimum atomic E-state index is -0.992. The van der Waals surface area contributed by atoms with Gasteiger partial charge in [0.1, 0.15) is 6.04 Å². The second-order valence-electron chi connectivity index (χ2n) is 6.27. The first-order valence-corrected chi connectivity index (χ1v) is 8.22. The van der Waals surface area contributed by atoms with Gasteiger partial charge in [-0.3, -0.25) is 4.79 Å². The van der Waals surface area contributed by atoms with Gasteiger partial charge < -0.3 is 20.0 Å². The number of rotatable bonds is 4. The number of aromatic amines is 2. The molecule has 4 rings (SSSR count). The number of nitrogens with one attached hydrogen (secondary N) is 2. The first kappa shape index (κ1) is 15.4. The average molecular weight is 338 g/mol. The molecule has 3 heterocycles. The summed E-state index contributed by atoms with van der Waals surface area (Å²) >= 11 is 0. The van der Waals surface area contributed by atoms with Crippen LogP contribution in [0.5, 0.6) is 0 Å². The summed E-state index contributed by atoms with van der Waals surface area (Å²) in [6.07, 6.45) is 4.54. The molecule has 1 aliphatic heterocycles. The topological polar surface area (TPSA) is 102 Å².